The second-order valence-electron chi connectivity index (χ2n) is 8.46. The Kier molecular flexibility index (Phi) is 7.48. The summed E-state index contributed by atoms with van der Waals surface area (Å²) in [6.07, 6.45) is 1.14. The minimum Gasteiger partial charge on any atom is -0.484 e. The molecule has 1 aromatic carbocycles. The molecule has 0 aliphatic carbocycles. The van der Waals surface area contributed by atoms with E-state index < -0.39 is 13.0 Å². The van der Waals surface area contributed by atoms with Crippen LogP contribution in [0.2, 0.25) is 0 Å². The molecule has 3 heterocycles. The summed E-state index contributed by atoms with van der Waals surface area (Å²) in [7, 11) is 0. The van der Waals surface area contributed by atoms with Crippen LogP contribution in [0.1, 0.15) is 25.2 Å². The molecule has 0 amide bonds. The maximum Gasteiger partial charge on any atom is 0.272 e. The van der Waals surface area contributed by atoms with Crippen molar-refractivity contribution in [2.75, 3.05) is 28.8 Å². The Hall–Kier alpha value is -4.72. The Morgan fingerprint density at radius 3 is 2.78 bits per heavy atom. The van der Waals surface area contributed by atoms with Crippen molar-refractivity contribution in [1.29, 1.82) is 5.26 Å². The van der Waals surface area contributed by atoms with Crippen molar-refractivity contribution in [3.8, 4) is 17.6 Å². The second-order valence-corrected chi connectivity index (χ2v) is 8.46. The van der Waals surface area contributed by atoms with E-state index in [1.165, 1.54) is 4.68 Å². The van der Waals surface area contributed by atoms with E-state index >= 15 is 0 Å². The van der Waals surface area contributed by atoms with Gasteiger partial charge in [0.2, 0.25) is 0 Å². The second kappa shape index (κ2) is 10.9. The van der Waals surface area contributed by atoms with Crippen molar-refractivity contribution < 1.29 is 13.5 Å². The number of benzene rings is 1. The van der Waals surface area contributed by atoms with Gasteiger partial charge in [-0.15, -0.1) is 0 Å². The number of hydrogen-bond donors (Lipinski definition) is 2. The third-order valence-electron chi connectivity index (χ3n) is 5.40. The van der Waals surface area contributed by atoms with Crippen molar-refractivity contribution in [2.45, 2.75) is 27.2 Å². The zero-order chi connectivity index (χ0) is 26.5. The Balaban J connectivity index is 1.71. The van der Waals surface area contributed by atoms with Crippen LogP contribution in [0.4, 0.5) is 31.7 Å². The molecule has 11 heteroatoms. The third-order valence-corrected chi connectivity index (χ3v) is 5.40. The number of allylic oxidation sites excluding steroid dienone is 3. The van der Waals surface area contributed by atoms with Gasteiger partial charge in [-0.1, -0.05) is 11.6 Å². The van der Waals surface area contributed by atoms with Crippen LogP contribution in [0.25, 0.3) is 5.82 Å². The quantitative estimate of drug-likeness (QED) is 0.292. The number of hydrogen-bond acceptors (Lipinski definition) is 8. The fourth-order valence-electron chi connectivity index (χ4n) is 3.70. The zero-order valence-electron chi connectivity index (χ0n) is 20.7. The number of nitrogens with zero attached hydrogens (tertiary/aromatic N) is 6. The first-order valence-corrected chi connectivity index (χ1v) is 11.4. The van der Waals surface area contributed by atoms with Crippen LogP contribution in [0.15, 0.2) is 64.9 Å². The fourth-order valence-corrected chi connectivity index (χ4v) is 3.70. The molecule has 0 unspecified atom stereocenters. The van der Waals surface area contributed by atoms with E-state index in [1.54, 1.807) is 25.1 Å². The van der Waals surface area contributed by atoms with E-state index in [0.717, 1.165) is 22.6 Å². The Morgan fingerprint density at radius 2 is 2.11 bits per heavy atom. The normalized spacial score (nSPS) is 12.6. The van der Waals surface area contributed by atoms with Crippen molar-refractivity contribution in [3.05, 3.63) is 71.3 Å². The van der Waals surface area contributed by atoms with Crippen molar-refractivity contribution in [1.82, 2.24) is 14.8 Å². The molecule has 4 rings (SSSR count). The number of halogens is 2. The first-order valence-electron chi connectivity index (χ1n) is 11.4. The van der Waals surface area contributed by atoms with Crippen LogP contribution < -0.4 is 20.3 Å². The molecule has 190 valence electrons. The molecule has 0 spiro atoms. The van der Waals surface area contributed by atoms with E-state index in [0.29, 0.717) is 24.0 Å². The van der Waals surface area contributed by atoms with Gasteiger partial charge in [0, 0.05) is 11.4 Å². The van der Waals surface area contributed by atoms with Crippen LogP contribution >= 0.6 is 0 Å². The maximum atomic E-state index is 12.9. The zero-order valence-corrected chi connectivity index (χ0v) is 20.7. The Bertz CT molecular complexity index is 1420. The molecule has 0 saturated heterocycles. The molecule has 3 aromatic rings. The summed E-state index contributed by atoms with van der Waals surface area (Å²) in [5, 5.41) is 20.1. The molecule has 0 saturated carbocycles. The molecule has 2 N–H and O–H groups in total. The molecule has 37 heavy (non-hydrogen) atoms. The molecular formula is C26H26F2N8O. The average molecular weight is 505 g/mol. The molecule has 0 radical (unpaired) electrons. The Morgan fingerprint density at radius 1 is 1.30 bits per heavy atom. The number of fused-ring (bicyclic) bond motifs is 1. The largest absolute Gasteiger partial charge is 0.484 e. The van der Waals surface area contributed by atoms with Gasteiger partial charge in [0.05, 0.1) is 18.0 Å². The number of aliphatic imine (C=N–C) groups is 1. The van der Waals surface area contributed by atoms with Gasteiger partial charge in [-0.2, -0.15) is 10.4 Å². The van der Waals surface area contributed by atoms with E-state index in [4.69, 9.17) is 9.72 Å². The van der Waals surface area contributed by atoms with E-state index in [-0.39, 0.29) is 17.3 Å². The highest BCUT2D eigenvalue weighted by Crippen LogP contribution is 2.39. The van der Waals surface area contributed by atoms with Gasteiger partial charge in [0.15, 0.2) is 17.3 Å². The van der Waals surface area contributed by atoms with Crippen molar-refractivity contribution >= 4 is 29.6 Å². The summed E-state index contributed by atoms with van der Waals surface area (Å²) < 4.78 is 32.5. The predicted molar refractivity (Wildman–Crippen MR) is 140 cm³/mol. The summed E-state index contributed by atoms with van der Waals surface area (Å²) >= 11 is 0. The molecule has 9 nitrogen and oxygen atoms in total. The molecule has 0 fully saturated rings. The van der Waals surface area contributed by atoms with Gasteiger partial charge in [0.25, 0.3) is 6.43 Å². The highest BCUT2D eigenvalue weighted by Gasteiger charge is 2.24. The monoisotopic (exact) mass is 504 g/mol. The number of pyridine rings is 1. The van der Waals surface area contributed by atoms with Gasteiger partial charge in [-0.25, -0.2) is 23.4 Å². The fraction of sp³-hybridized carbons (Fsp3) is 0.231. The first-order chi connectivity index (χ1) is 17.8. The summed E-state index contributed by atoms with van der Waals surface area (Å²) in [5.74, 6) is 1.48. The summed E-state index contributed by atoms with van der Waals surface area (Å²) in [6.45, 7) is 9.01. The predicted octanol–water partition coefficient (Wildman–Crippen LogP) is 5.53. The topological polar surface area (TPSA) is 103 Å². The standard InChI is InChI=1S/C26H26F2N8O/c1-16(2)5-9-24(30-4)32-18-6-7-20-21(12-18)35(15-31-20)25-10-8-22(37-14-23(27)28)26(33-25)36-17(3)11-19(13-29)34-36/h5-12,23,31-32H,4,14-15H2,1-3H3/b24-9+. The molecule has 2 aromatic heterocycles. The first kappa shape index (κ1) is 25.4. The summed E-state index contributed by atoms with van der Waals surface area (Å²) in [6, 6.07) is 12.7. The highest BCUT2D eigenvalue weighted by molar-refractivity contribution is 5.83. The minimum atomic E-state index is -2.65. The number of aromatic nitrogens is 3. The molecular weight excluding hydrogens is 478 g/mol. The van der Waals surface area contributed by atoms with Crippen molar-refractivity contribution in [2.24, 2.45) is 4.99 Å². The number of alkyl halides is 2. The number of nitriles is 1. The van der Waals surface area contributed by atoms with Crippen LogP contribution in [0.3, 0.4) is 0 Å². The van der Waals surface area contributed by atoms with Crippen LogP contribution in [0, 0.1) is 18.3 Å². The maximum absolute atomic E-state index is 12.9. The number of anilines is 4. The number of aryl methyl sites for hydroxylation is 1. The lowest BCUT2D eigenvalue weighted by molar-refractivity contribution is 0.0816. The summed E-state index contributed by atoms with van der Waals surface area (Å²) in [4.78, 5) is 10.7. The number of nitrogens with one attached hydrogen (secondary N) is 2. The van der Waals surface area contributed by atoms with Gasteiger partial charge in [-0.05, 0) is 70.0 Å². The average Bonchev–Trinajstić information content (AvgIpc) is 3.47. The molecule has 0 atom stereocenters. The summed E-state index contributed by atoms with van der Waals surface area (Å²) in [5.41, 5.74) is 4.47. The Labute approximate surface area is 213 Å². The lowest BCUT2D eigenvalue weighted by Gasteiger charge is -2.20. The van der Waals surface area contributed by atoms with E-state index in [1.807, 2.05) is 55.2 Å². The van der Waals surface area contributed by atoms with E-state index in [9.17, 15) is 14.0 Å². The number of ether oxygens (including phenoxy) is 1. The van der Waals surface area contributed by atoms with Gasteiger partial charge in [0.1, 0.15) is 24.3 Å². The van der Waals surface area contributed by atoms with Crippen molar-refractivity contribution in [3.63, 3.8) is 0 Å². The molecule has 1 aliphatic rings. The SMILES string of the molecule is C=N/C(=C\C=C(C)C)Nc1ccc2c(c1)N(c1ccc(OCC(F)F)c(-n3nc(C#N)cc3C)n1)CN2. The van der Waals surface area contributed by atoms with Gasteiger partial charge in [-0.3, -0.25) is 0 Å². The lowest BCUT2D eigenvalue weighted by Crippen LogP contribution is -2.19. The molecule has 0 bridgehead atoms. The minimum absolute atomic E-state index is 0.133. The molecule has 1 aliphatic heterocycles. The third kappa shape index (κ3) is 5.75. The number of rotatable bonds is 9. The van der Waals surface area contributed by atoms with Gasteiger partial charge < -0.3 is 20.3 Å². The van der Waals surface area contributed by atoms with Gasteiger partial charge >= 0.3 is 0 Å². The highest BCUT2D eigenvalue weighted by atomic mass is 19.3. The van der Waals surface area contributed by atoms with Crippen LogP contribution in [0.5, 0.6) is 5.75 Å². The van der Waals surface area contributed by atoms with Crippen LogP contribution in [-0.2, 0) is 0 Å². The van der Waals surface area contributed by atoms with E-state index in [2.05, 4.69) is 27.4 Å². The van der Waals surface area contributed by atoms with Crippen LogP contribution in [-0.4, -0.2) is 41.2 Å². The lowest BCUT2D eigenvalue weighted by atomic mass is 10.2. The smallest absolute Gasteiger partial charge is 0.272 e.